The van der Waals surface area contributed by atoms with E-state index < -0.39 is 24.4 Å². The largest absolute Gasteiger partial charge is 0.388 e. The zero-order valence-electron chi connectivity index (χ0n) is 11.6. The Morgan fingerprint density at radius 1 is 1.32 bits per heavy atom. The van der Waals surface area contributed by atoms with Gasteiger partial charge in [-0.2, -0.15) is 0 Å². The van der Waals surface area contributed by atoms with Crippen molar-refractivity contribution in [3.05, 3.63) is 12.2 Å². The van der Waals surface area contributed by atoms with Crippen molar-refractivity contribution in [2.45, 2.75) is 57.0 Å². The van der Waals surface area contributed by atoms with E-state index >= 15 is 0 Å². The monoisotopic (exact) mass is 274 g/mol. The molecule has 1 rings (SSSR count). The summed E-state index contributed by atoms with van der Waals surface area (Å²) in [6.07, 6.45) is 4.92. The minimum atomic E-state index is -1.03. The van der Waals surface area contributed by atoms with E-state index in [2.05, 4.69) is 19.1 Å². The van der Waals surface area contributed by atoms with Gasteiger partial charge in [-0.1, -0.05) is 31.9 Å². The molecule has 1 heterocycles. The molecular formula is C14H26O5. The van der Waals surface area contributed by atoms with Gasteiger partial charge >= 0.3 is 0 Å². The minimum Gasteiger partial charge on any atom is -0.388 e. The summed E-state index contributed by atoms with van der Waals surface area (Å²) in [7, 11) is 0. The number of allylic oxidation sites excluding steroid dienone is 1. The van der Waals surface area contributed by atoms with Crippen LogP contribution in [-0.2, 0) is 9.47 Å². The Bertz CT molecular complexity index is 256. The lowest BCUT2D eigenvalue weighted by Crippen LogP contribution is -2.40. The van der Waals surface area contributed by atoms with Crippen molar-refractivity contribution in [1.29, 1.82) is 0 Å². The van der Waals surface area contributed by atoms with Crippen molar-refractivity contribution >= 4 is 0 Å². The number of aliphatic hydroxyl groups is 3. The summed E-state index contributed by atoms with van der Waals surface area (Å²) in [5, 5.41) is 28.6. The van der Waals surface area contributed by atoms with Gasteiger partial charge < -0.3 is 24.8 Å². The molecule has 0 aromatic carbocycles. The van der Waals surface area contributed by atoms with Crippen molar-refractivity contribution < 1.29 is 24.8 Å². The number of ether oxygens (including phenoxy) is 2. The standard InChI is InChI=1S/C14H26O5/c1-2-3-4-5-6-7-8-18-9-12(16)14-13(17)11(15)10-19-14/h5-6,11-17H,2-4,7-10H2,1H3/b6-5+/t11-,12+,13-,14-/m0/s1. The molecule has 0 amide bonds. The van der Waals surface area contributed by atoms with Crippen molar-refractivity contribution in [1.82, 2.24) is 0 Å². The molecular weight excluding hydrogens is 248 g/mol. The van der Waals surface area contributed by atoms with Crippen LogP contribution in [0.2, 0.25) is 0 Å². The smallest absolute Gasteiger partial charge is 0.114 e. The van der Waals surface area contributed by atoms with Crippen LogP contribution < -0.4 is 0 Å². The summed E-state index contributed by atoms with van der Waals surface area (Å²) in [6, 6.07) is 0. The fraction of sp³-hybridized carbons (Fsp3) is 0.857. The van der Waals surface area contributed by atoms with E-state index in [1.54, 1.807) is 0 Å². The van der Waals surface area contributed by atoms with Gasteiger partial charge in [0.15, 0.2) is 0 Å². The van der Waals surface area contributed by atoms with Crippen molar-refractivity contribution in [3.8, 4) is 0 Å². The third kappa shape index (κ3) is 6.01. The highest BCUT2D eigenvalue weighted by atomic mass is 16.5. The average Bonchev–Trinajstić information content (AvgIpc) is 2.73. The molecule has 4 atom stereocenters. The third-order valence-corrected chi connectivity index (χ3v) is 3.18. The van der Waals surface area contributed by atoms with Gasteiger partial charge in [-0.25, -0.2) is 0 Å². The third-order valence-electron chi connectivity index (χ3n) is 3.18. The molecule has 0 aliphatic carbocycles. The summed E-state index contributed by atoms with van der Waals surface area (Å²) >= 11 is 0. The molecule has 0 radical (unpaired) electrons. The van der Waals surface area contributed by atoms with Gasteiger partial charge in [0.05, 0.1) is 19.8 Å². The zero-order valence-corrected chi connectivity index (χ0v) is 11.6. The van der Waals surface area contributed by atoms with Crippen molar-refractivity contribution in [2.75, 3.05) is 19.8 Å². The Hall–Kier alpha value is -0.460. The molecule has 0 unspecified atom stereocenters. The molecule has 0 aromatic rings. The maximum atomic E-state index is 9.77. The van der Waals surface area contributed by atoms with E-state index in [1.807, 2.05) is 0 Å². The Kier molecular flexibility index (Phi) is 8.25. The second kappa shape index (κ2) is 9.44. The quantitative estimate of drug-likeness (QED) is 0.424. The lowest BCUT2D eigenvalue weighted by Gasteiger charge is -2.20. The van der Waals surface area contributed by atoms with E-state index in [4.69, 9.17) is 9.47 Å². The number of hydrogen-bond acceptors (Lipinski definition) is 5. The van der Waals surface area contributed by atoms with Crippen LogP contribution in [0.4, 0.5) is 0 Å². The van der Waals surface area contributed by atoms with Crippen molar-refractivity contribution in [2.24, 2.45) is 0 Å². The summed E-state index contributed by atoms with van der Waals surface area (Å²) in [4.78, 5) is 0. The van der Waals surface area contributed by atoms with Crippen LogP contribution in [0.25, 0.3) is 0 Å². The molecule has 1 fully saturated rings. The summed E-state index contributed by atoms with van der Waals surface area (Å²) in [6.45, 7) is 2.86. The van der Waals surface area contributed by atoms with Crippen molar-refractivity contribution in [3.63, 3.8) is 0 Å². The zero-order chi connectivity index (χ0) is 14.1. The normalized spacial score (nSPS) is 29.2. The van der Waals surface area contributed by atoms with Crippen LogP contribution in [0.15, 0.2) is 12.2 Å². The van der Waals surface area contributed by atoms with Crippen LogP contribution in [-0.4, -0.2) is 59.6 Å². The van der Waals surface area contributed by atoms with Crippen LogP contribution in [0.3, 0.4) is 0 Å². The molecule has 112 valence electrons. The summed E-state index contributed by atoms with van der Waals surface area (Å²) in [5.74, 6) is 0. The molecule has 19 heavy (non-hydrogen) atoms. The molecule has 1 aliphatic heterocycles. The first kappa shape index (κ1) is 16.6. The predicted octanol–water partition coefficient (Wildman–Crippen LogP) is 0.621. The minimum absolute atomic E-state index is 0.0586. The molecule has 1 aliphatic rings. The molecule has 0 saturated carbocycles. The van der Waals surface area contributed by atoms with E-state index in [1.165, 1.54) is 12.8 Å². The highest BCUT2D eigenvalue weighted by Gasteiger charge is 2.39. The highest BCUT2D eigenvalue weighted by molar-refractivity contribution is 4.88. The Balaban J connectivity index is 2.04. The maximum Gasteiger partial charge on any atom is 0.114 e. The number of rotatable bonds is 9. The number of hydrogen-bond donors (Lipinski definition) is 3. The van der Waals surface area contributed by atoms with Gasteiger partial charge in [-0.3, -0.25) is 0 Å². The Morgan fingerprint density at radius 2 is 2.05 bits per heavy atom. The fourth-order valence-electron chi connectivity index (χ4n) is 1.97. The van der Waals surface area contributed by atoms with Gasteiger partial charge in [-0.05, 0) is 12.8 Å². The molecule has 3 N–H and O–H groups in total. The van der Waals surface area contributed by atoms with Crippen LogP contribution in [0, 0.1) is 0 Å². The molecule has 0 bridgehead atoms. The molecule has 1 saturated heterocycles. The van der Waals surface area contributed by atoms with E-state index in [0.717, 1.165) is 12.8 Å². The topological polar surface area (TPSA) is 79.2 Å². The Labute approximate surface area is 114 Å². The van der Waals surface area contributed by atoms with Crippen LogP contribution in [0.5, 0.6) is 0 Å². The first-order chi connectivity index (χ1) is 9.16. The van der Waals surface area contributed by atoms with Gasteiger partial charge in [0.25, 0.3) is 0 Å². The lowest BCUT2D eigenvalue weighted by atomic mass is 10.1. The van der Waals surface area contributed by atoms with Crippen LogP contribution >= 0.6 is 0 Å². The summed E-state index contributed by atoms with van der Waals surface area (Å²) < 4.78 is 10.4. The lowest BCUT2D eigenvalue weighted by molar-refractivity contribution is -0.0806. The Morgan fingerprint density at radius 3 is 2.68 bits per heavy atom. The maximum absolute atomic E-state index is 9.77. The molecule has 0 aromatic heterocycles. The second-order valence-corrected chi connectivity index (χ2v) is 4.90. The fourth-order valence-corrected chi connectivity index (χ4v) is 1.97. The van der Waals surface area contributed by atoms with Gasteiger partial charge in [-0.15, -0.1) is 0 Å². The molecule has 5 heteroatoms. The van der Waals surface area contributed by atoms with Gasteiger partial charge in [0.2, 0.25) is 0 Å². The van der Waals surface area contributed by atoms with E-state index in [0.29, 0.717) is 6.61 Å². The first-order valence-electron chi connectivity index (χ1n) is 7.05. The number of unbranched alkanes of at least 4 members (excludes halogenated alkanes) is 2. The highest BCUT2D eigenvalue weighted by Crippen LogP contribution is 2.17. The average molecular weight is 274 g/mol. The van der Waals surface area contributed by atoms with E-state index in [-0.39, 0.29) is 13.2 Å². The summed E-state index contributed by atoms with van der Waals surface area (Å²) in [5.41, 5.74) is 0. The SMILES string of the molecule is CCCC/C=C/CCOC[C@@H](O)[C@@H]1OC[C@H](O)[C@@H]1O. The first-order valence-corrected chi connectivity index (χ1v) is 7.05. The van der Waals surface area contributed by atoms with E-state index in [9.17, 15) is 15.3 Å². The second-order valence-electron chi connectivity index (χ2n) is 4.90. The van der Waals surface area contributed by atoms with Gasteiger partial charge in [0, 0.05) is 0 Å². The molecule has 0 spiro atoms. The molecule has 5 nitrogen and oxygen atoms in total. The van der Waals surface area contributed by atoms with Gasteiger partial charge in [0.1, 0.15) is 24.4 Å². The predicted molar refractivity (Wildman–Crippen MR) is 71.9 cm³/mol. The van der Waals surface area contributed by atoms with Crippen LogP contribution in [0.1, 0.15) is 32.6 Å². The number of aliphatic hydroxyl groups excluding tert-OH is 3.